The molecule has 1 amide bonds. The normalized spacial score (nSPS) is 14.4. The molecule has 0 radical (unpaired) electrons. The van der Waals surface area contributed by atoms with Crippen molar-refractivity contribution in [2.24, 2.45) is 0 Å². The van der Waals surface area contributed by atoms with Crippen LogP contribution in [0.5, 0.6) is 5.75 Å². The van der Waals surface area contributed by atoms with Crippen LogP contribution in [0.15, 0.2) is 53.7 Å². The highest BCUT2D eigenvalue weighted by Gasteiger charge is 2.30. The lowest BCUT2D eigenvalue weighted by atomic mass is 10.1. The first-order valence-electron chi connectivity index (χ1n) is 9.40. The molecule has 4 rings (SSSR count). The standard InChI is InChI=1S/C21H21ClN4O2S/c1-13-11-16(9-10-17(13)22)28-12-18-24-21(26-25-18)29-19(14-5-3-2-4-6-14)20(27)23-15-7-8-15/h2-6,9-11,15,19H,7-8,12H2,1H3,(H,23,27)(H,24,25,26)/t19-/m1/s1. The molecular weight excluding hydrogens is 408 g/mol. The molecule has 29 heavy (non-hydrogen) atoms. The summed E-state index contributed by atoms with van der Waals surface area (Å²) >= 11 is 7.37. The number of halogens is 1. The van der Waals surface area contributed by atoms with E-state index >= 15 is 0 Å². The first-order valence-corrected chi connectivity index (χ1v) is 10.7. The quantitative estimate of drug-likeness (QED) is 0.518. The Hall–Kier alpha value is -2.51. The molecular formula is C21H21ClN4O2S. The van der Waals surface area contributed by atoms with Crippen LogP contribution in [0.3, 0.4) is 0 Å². The van der Waals surface area contributed by atoms with E-state index in [1.165, 1.54) is 11.8 Å². The summed E-state index contributed by atoms with van der Waals surface area (Å²) in [6.45, 7) is 2.17. The fourth-order valence-electron chi connectivity index (χ4n) is 2.76. The number of nitrogens with one attached hydrogen (secondary N) is 2. The number of carbonyl (C=O) groups excluding carboxylic acids is 1. The number of nitrogens with zero attached hydrogens (tertiary/aromatic N) is 2. The number of H-pyrrole nitrogens is 1. The molecule has 8 heteroatoms. The van der Waals surface area contributed by atoms with Gasteiger partial charge in [-0.2, -0.15) is 0 Å². The number of aromatic nitrogens is 3. The molecule has 6 nitrogen and oxygen atoms in total. The van der Waals surface area contributed by atoms with Gasteiger partial charge in [-0.15, -0.1) is 5.10 Å². The number of hydrogen-bond donors (Lipinski definition) is 2. The van der Waals surface area contributed by atoms with E-state index in [-0.39, 0.29) is 12.5 Å². The molecule has 0 aliphatic heterocycles. The molecule has 1 heterocycles. The average molecular weight is 429 g/mol. The van der Waals surface area contributed by atoms with Crippen LogP contribution in [0.25, 0.3) is 0 Å². The first kappa shape index (κ1) is 19.8. The number of carbonyl (C=O) groups is 1. The summed E-state index contributed by atoms with van der Waals surface area (Å²) in [5, 5.41) is 11.0. The molecule has 0 unspecified atom stereocenters. The molecule has 1 aliphatic rings. The predicted octanol–water partition coefficient (Wildman–Crippen LogP) is 4.46. The van der Waals surface area contributed by atoms with Gasteiger partial charge < -0.3 is 10.1 Å². The Morgan fingerprint density at radius 3 is 2.83 bits per heavy atom. The molecule has 150 valence electrons. The average Bonchev–Trinajstić information content (AvgIpc) is 3.43. The number of thioether (sulfide) groups is 1. The Balaban J connectivity index is 1.42. The van der Waals surface area contributed by atoms with Gasteiger partial charge in [0.05, 0.1) is 0 Å². The van der Waals surface area contributed by atoms with Crippen molar-refractivity contribution in [1.82, 2.24) is 20.5 Å². The lowest BCUT2D eigenvalue weighted by Gasteiger charge is -2.15. The minimum absolute atomic E-state index is 0.0112. The largest absolute Gasteiger partial charge is 0.486 e. The van der Waals surface area contributed by atoms with Crippen molar-refractivity contribution in [2.75, 3.05) is 0 Å². The van der Waals surface area contributed by atoms with Crippen molar-refractivity contribution in [1.29, 1.82) is 0 Å². The van der Waals surface area contributed by atoms with Crippen molar-refractivity contribution in [2.45, 2.75) is 42.8 Å². The number of ether oxygens (including phenoxy) is 1. The van der Waals surface area contributed by atoms with E-state index < -0.39 is 5.25 Å². The lowest BCUT2D eigenvalue weighted by Crippen LogP contribution is -2.29. The zero-order valence-electron chi connectivity index (χ0n) is 15.9. The molecule has 3 aromatic rings. The third-order valence-corrected chi connectivity index (χ3v) is 6.04. The molecule has 0 saturated heterocycles. The van der Waals surface area contributed by atoms with E-state index in [2.05, 4.69) is 20.5 Å². The van der Waals surface area contributed by atoms with Crippen LogP contribution in [0.2, 0.25) is 5.02 Å². The fourth-order valence-corrected chi connectivity index (χ4v) is 3.82. The van der Waals surface area contributed by atoms with E-state index in [0.29, 0.717) is 27.8 Å². The van der Waals surface area contributed by atoms with Crippen LogP contribution in [0.4, 0.5) is 0 Å². The minimum Gasteiger partial charge on any atom is -0.486 e. The van der Waals surface area contributed by atoms with Crippen molar-refractivity contribution in [3.63, 3.8) is 0 Å². The Labute approximate surface area is 178 Å². The van der Waals surface area contributed by atoms with Gasteiger partial charge in [-0.05, 0) is 49.1 Å². The molecule has 1 aromatic heterocycles. The van der Waals surface area contributed by atoms with Crippen molar-refractivity contribution in [3.05, 3.63) is 70.5 Å². The highest BCUT2D eigenvalue weighted by Crippen LogP contribution is 2.34. The SMILES string of the molecule is Cc1cc(OCc2nc(S[C@@H](C(=O)NC3CC3)c3ccccc3)n[nH]2)ccc1Cl. The van der Waals surface area contributed by atoms with Crippen molar-refractivity contribution in [3.8, 4) is 5.75 Å². The van der Waals surface area contributed by atoms with Gasteiger partial charge in [0.15, 0.2) is 5.82 Å². The van der Waals surface area contributed by atoms with Gasteiger partial charge in [-0.25, -0.2) is 4.98 Å². The van der Waals surface area contributed by atoms with Crippen molar-refractivity contribution < 1.29 is 9.53 Å². The summed E-state index contributed by atoms with van der Waals surface area (Å²) in [4.78, 5) is 17.2. The summed E-state index contributed by atoms with van der Waals surface area (Å²) < 4.78 is 5.76. The maximum Gasteiger partial charge on any atom is 0.238 e. The Kier molecular flexibility index (Phi) is 6.06. The predicted molar refractivity (Wildman–Crippen MR) is 113 cm³/mol. The van der Waals surface area contributed by atoms with E-state index in [9.17, 15) is 4.79 Å². The third kappa shape index (κ3) is 5.31. The molecule has 1 aliphatic carbocycles. The molecule has 1 fully saturated rings. The van der Waals surface area contributed by atoms with E-state index in [0.717, 1.165) is 24.0 Å². The number of aryl methyl sites for hydroxylation is 1. The van der Waals surface area contributed by atoms with Gasteiger partial charge in [0.1, 0.15) is 17.6 Å². The molecule has 2 aromatic carbocycles. The Morgan fingerprint density at radius 1 is 1.31 bits per heavy atom. The van der Waals surface area contributed by atoms with Crippen LogP contribution in [-0.2, 0) is 11.4 Å². The number of amides is 1. The van der Waals surface area contributed by atoms with Crippen LogP contribution in [0, 0.1) is 6.92 Å². The Bertz CT molecular complexity index is 991. The van der Waals surface area contributed by atoms with Gasteiger partial charge in [-0.1, -0.05) is 53.7 Å². The van der Waals surface area contributed by atoms with E-state index in [4.69, 9.17) is 16.3 Å². The summed E-state index contributed by atoms with van der Waals surface area (Å²) in [6, 6.07) is 15.5. The van der Waals surface area contributed by atoms with Gasteiger partial charge in [0.25, 0.3) is 0 Å². The smallest absolute Gasteiger partial charge is 0.238 e. The zero-order valence-corrected chi connectivity index (χ0v) is 17.5. The molecule has 0 bridgehead atoms. The maximum absolute atomic E-state index is 12.7. The van der Waals surface area contributed by atoms with E-state index in [1.807, 2.05) is 49.4 Å². The number of aromatic amines is 1. The maximum atomic E-state index is 12.7. The monoisotopic (exact) mass is 428 g/mol. The van der Waals surface area contributed by atoms with Gasteiger partial charge in [-0.3, -0.25) is 9.89 Å². The summed E-state index contributed by atoms with van der Waals surface area (Å²) in [5.41, 5.74) is 1.88. The van der Waals surface area contributed by atoms with Crippen LogP contribution in [0.1, 0.15) is 35.0 Å². The third-order valence-electron chi connectivity index (χ3n) is 4.50. The van der Waals surface area contributed by atoms with Gasteiger partial charge in [0.2, 0.25) is 11.1 Å². The summed E-state index contributed by atoms with van der Waals surface area (Å²) in [5.74, 6) is 1.29. The number of rotatable bonds is 8. The summed E-state index contributed by atoms with van der Waals surface area (Å²) in [7, 11) is 0. The highest BCUT2D eigenvalue weighted by molar-refractivity contribution is 8.00. The Morgan fingerprint density at radius 2 is 2.10 bits per heavy atom. The molecule has 0 spiro atoms. The fraction of sp³-hybridized carbons (Fsp3) is 0.286. The van der Waals surface area contributed by atoms with Crippen LogP contribution >= 0.6 is 23.4 Å². The zero-order chi connectivity index (χ0) is 20.2. The second-order valence-corrected chi connectivity index (χ2v) is 8.44. The van der Waals surface area contributed by atoms with E-state index in [1.54, 1.807) is 6.07 Å². The van der Waals surface area contributed by atoms with Gasteiger partial charge >= 0.3 is 0 Å². The second kappa shape index (κ2) is 8.88. The molecule has 1 atom stereocenters. The van der Waals surface area contributed by atoms with Crippen LogP contribution in [-0.4, -0.2) is 27.1 Å². The molecule has 2 N–H and O–H groups in total. The highest BCUT2D eigenvalue weighted by atomic mass is 35.5. The van der Waals surface area contributed by atoms with Crippen LogP contribution < -0.4 is 10.1 Å². The van der Waals surface area contributed by atoms with Crippen molar-refractivity contribution >= 4 is 29.3 Å². The number of hydrogen-bond acceptors (Lipinski definition) is 5. The first-order chi connectivity index (χ1) is 14.1. The topological polar surface area (TPSA) is 79.9 Å². The summed E-state index contributed by atoms with van der Waals surface area (Å²) in [6.07, 6.45) is 2.09. The number of benzene rings is 2. The molecule has 1 saturated carbocycles. The van der Waals surface area contributed by atoms with Gasteiger partial charge in [0, 0.05) is 11.1 Å². The lowest BCUT2D eigenvalue weighted by molar-refractivity contribution is -0.120. The minimum atomic E-state index is -0.403. The second-order valence-electron chi connectivity index (χ2n) is 6.96.